The van der Waals surface area contributed by atoms with Crippen LogP contribution in [-0.2, 0) is 6.42 Å². The topological polar surface area (TPSA) is 37.8 Å². The maximum Gasteiger partial charge on any atom is 0.206 e. The highest BCUT2D eigenvalue weighted by molar-refractivity contribution is 7.18. The van der Waals surface area contributed by atoms with E-state index in [0.717, 1.165) is 28.7 Å². The molecule has 0 aliphatic carbocycles. The van der Waals surface area contributed by atoms with Crippen LogP contribution in [0.1, 0.15) is 5.56 Å². The Hall–Kier alpha value is -2.20. The fraction of sp³-hybridized carbons (Fsp3) is 0.125. The molecule has 1 N–H and O–H groups in total. The zero-order valence-corrected chi connectivity index (χ0v) is 11.8. The van der Waals surface area contributed by atoms with Crippen molar-refractivity contribution in [1.82, 2.24) is 10.2 Å². The van der Waals surface area contributed by atoms with Crippen LogP contribution in [0.4, 0.5) is 5.13 Å². The lowest BCUT2D eigenvalue weighted by molar-refractivity contribution is 0.995. The summed E-state index contributed by atoms with van der Waals surface area (Å²) in [5, 5.41) is 13.6. The van der Waals surface area contributed by atoms with E-state index >= 15 is 0 Å². The third kappa shape index (κ3) is 3.22. The summed E-state index contributed by atoms with van der Waals surface area (Å²) in [6.07, 6.45) is 0.987. The van der Waals surface area contributed by atoms with Gasteiger partial charge in [0, 0.05) is 12.1 Å². The van der Waals surface area contributed by atoms with Crippen LogP contribution in [0.2, 0.25) is 0 Å². The third-order valence-electron chi connectivity index (χ3n) is 2.98. The van der Waals surface area contributed by atoms with Crippen molar-refractivity contribution in [2.24, 2.45) is 0 Å². The Kier molecular flexibility index (Phi) is 4.04. The summed E-state index contributed by atoms with van der Waals surface area (Å²) in [4.78, 5) is 0. The molecule has 0 bridgehead atoms. The quantitative estimate of drug-likeness (QED) is 0.771. The van der Waals surface area contributed by atoms with Crippen molar-refractivity contribution in [3.05, 3.63) is 66.2 Å². The molecule has 20 heavy (non-hydrogen) atoms. The molecule has 0 fully saturated rings. The molecule has 0 aliphatic rings. The van der Waals surface area contributed by atoms with Crippen LogP contribution in [-0.4, -0.2) is 16.7 Å². The van der Waals surface area contributed by atoms with E-state index in [9.17, 15) is 0 Å². The third-order valence-corrected chi connectivity index (χ3v) is 3.91. The monoisotopic (exact) mass is 281 g/mol. The number of aromatic nitrogens is 2. The lowest BCUT2D eigenvalue weighted by Crippen LogP contribution is -2.04. The van der Waals surface area contributed by atoms with Gasteiger partial charge in [0.05, 0.1) is 0 Å². The zero-order valence-electron chi connectivity index (χ0n) is 11.0. The number of nitrogens with one attached hydrogen (secondary N) is 1. The minimum atomic E-state index is 0.868. The van der Waals surface area contributed by atoms with E-state index in [4.69, 9.17) is 0 Å². The van der Waals surface area contributed by atoms with Gasteiger partial charge in [0.1, 0.15) is 5.01 Å². The van der Waals surface area contributed by atoms with Gasteiger partial charge >= 0.3 is 0 Å². The number of nitrogens with zero attached hydrogens (tertiary/aromatic N) is 2. The van der Waals surface area contributed by atoms with E-state index in [1.807, 2.05) is 36.4 Å². The van der Waals surface area contributed by atoms with Gasteiger partial charge in [-0.1, -0.05) is 72.0 Å². The molecule has 3 rings (SSSR count). The Bertz CT molecular complexity index is 650. The first-order chi connectivity index (χ1) is 9.92. The summed E-state index contributed by atoms with van der Waals surface area (Å²) in [5.74, 6) is 0. The molecule has 0 spiro atoms. The maximum atomic E-state index is 4.22. The van der Waals surface area contributed by atoms with Crippen molar-refractivity contribution < 1.29 is 0 Å². The molecule has 0 saturated carbocycles. The molecule has 0 unspecified atom stereocenters. The highest BCUT2D eigenvalue weighted by atomic mass is 32.1. The van der Waals surface area contributed by atoms with Crippen molar-refractivity contribution in [2.75, 3.05) is 11.9 Å². The normalized spacial score (nSPS) is 10.4. The van der Waals surface area contributed by atoms with Crippen LogP contribution in [0.5, 0.6) is 0 Å². The standard InChI is InChI=1S/C16H15N3S/c1-3-7-13(8-4-1)11-12-17-16-19-18-15(20-16)14-9-5-2-6-10-14/h1-10H,11-12H2,(H,17,19). The van der Waals surface area contributed by atoms with E-state index < -0.39 is 0 Å². The fourth-order valence-corrected chi connectivity index (χ4v) is 2.73. The van der Waals surface area contributed by atoms with Gasteiger partial charge in [0.25, 0.3) is 0 Å². The number of rotatable bonds is 5. The molecule has 0 aliphatic heterocycles. The molecule has 0 radical (unpaired) electrons. The van der Waals surface area contributed by atoms with Crippen LogP contribution >= 0.6 is 11.3 Å². The van der Waals surface area contributed by atoms with Gasteiger partial charge < -0.3 is 5.32 Å². The van der Waals surface area contributed by atoms with Gasteiger partial charge in [0.15, 0.2) is 0 Å². The van der Waals surface area contributed by atoms with Gasteiger partial charge in [-0.05, 0) is 12.0 Å². The first kappa shape index (κ1) is 12.8. The van der Waals surface area contributed by atoms with Gasteiger partial charge in [0.2, 0.25) is 5.13 Å². The van der Waals surface area contributed by atoms with Crippen LogP contribution < -0.4 is 5.32 Å². The summed E-state index contributed by atoms with van der Waals surface area (Å²) in [5.41, 5.74) is 2.44. The lowest BCUT2D eigenvalue weighted by atomic mass is 10.2. The molecule has 1 heterocycles. The largest absolute Gasteiger partial charge is 0.360 e. The van der Waals surface area contributed by atoms with Crippen LogP contribution in [0.15, 0.2) is 60.7 Å². The van der Waals surface area contributed by atoms with E-state index in [0.29, 0.717) is 0 Å². The second-order valence-corrected chi connectivity index (χ2v) is 5.42. The highest BCUT2D eigenvalue weighted by Crippen LogP contribution is 2.25. The zero-order chi connectivity index (χ0) is 13.6. The van der Waals surface area contributed by atoms with Crippen molar-refractivity contribution >= 4 is 16.5 Å². The van der Waals surface area contributed by atoms with Gasteiger partial charge in [-0.2, -0.15) is 0 Å². The molecule has 0 atom stereocenters. The van der Waals surface area contributed by atoms with Crippen molar-refractivity contribution in [1.29, 1.82) is 0 Å². The number of hydrogen-bond donors (Lipinski definition) is 1. The predicted molar refractivity (Wildman–Crippen MR) is 84.0 cm³/mol. The van der Waals surface area contributed by atoms with E-state index in [1.165, 1.54) is 5.56 Å². The van der Waals surface area contributed by atoms with Crippen LogP contribution in [0, 0.1) is 0 Å². The number of anilines is 1. The molecular formula is C16H15N3S. The molecular weight excluding hydrogens is 266 g/mol. The van der Waals surface area contributed by atoms with Crippen LogP contribution in [0.3, 0.4) is 0 Å². The van der Waals surface area contributed by atoms with Gasteiger partial charge in [-0.25, -0.2) is 0 Å². The van der Waals surface area contributed by atoms with E-state index in [-0.39, 0.29) is 0 Å². The minimum Gasteiger partial charge on any atom is -0.360 e. The summed E-state index contributed by atoms with van der Waals surface area (Å²) >= 11 is 1.59. The average molecular weight is 281 g/mol. The van der Waals surface area contributed by atoms with Crippen molar-refractivity contribution in [3.63, 3.8) is 0 Å². The molecule has 1 aromatic heterocycles. The van der Waals surface area contributed by atoms with Gasteiger partial charge in [-0.15, -0.1) is 10.2 Å². The number of hydrogen-bond acceptors (Lipinski definition) is 4. The molecule has 2 aromatic carbocycles. The molecule has 4 heteroatoms. The van der Waals surface area contributed by atoms with Gasteiger partial charge in [-0.3, -0.25) is 0 Å². The van der Waals surface area contributed by atoms with Crippen LogP contribution in [0.25, 0.3) is 10.6 Å². The molecule has 0 amide bonds. The second-order valence-electron chi connectivity index (χ2n) is 4.44. The smallest absolute Gasteiger partial charge is 0.206 e. The first-order valence-corrected chi connectivity index (χ1v) is 7.40. The fourth-order valence-electron chi connectivity index (χ4n) is 1.95. The Labute approximate surface area is 122 Å². The predicted octanol–water partition coefficient (Wildman–Crippen LogP) is 3.86. The Balaban J connectivity index is 1.58. The SMILES string of the molecule is c1ccc(CCNc2nnc(-c3ccccc3)s2)cc1. The minimum absolute atomic E-state index is 0.868. The van der Waals surface area contributed by atoms with Crippen molar-refractivity contribution in [2.45, 2.75) is 6.42 Å². The summed E-state index contributed by atoms with van der Waals surface area (Å²) in [6, 6.07) is 20.6. The number of benzene rings is 2. The second kappa shape index (κ2) is 6.30. The highest BCUT2D eigenvalue weighted by Gasteiger charge is 2.05. The van der Waals surface area contributed by atoms with E-state index in [2.05, 4.69) is 39.8 Å². The summed E-state index contributed by atoms with van der Waals surface area (Å²) in [7, 11) is 0. The average Bonchev–Trinajstić information content (AvgIpc) is 2.98. The Morgan fingerprint density at radius 3 is 2.30 bits per heavy atom. The first-order valence-electron chi connectivity index (χ1n) is 6.58. The molecule has 0 saturated heterocycles. The summed E-state index contributed by atoms with van der Waals surface area (Å²) in [6.45, 7) is 0.868. The molecule has 3 aromatic rings. The Morgan fingerprint density at radius 1 is 0.850 bits per heavy atom. The Morgan fingerprint density at radius 2 is 1.55 bits per heavy atom. The lowest BCUT2D eigenvalue weighted by Gasteiger charge is -2.01. The molecule has 3 nitrogen and oxygen atoms in total. The molecule has 100 valence electrons. The van der Waals surface area contributed by atoms with E-state index in [1.54, 1.807) is 11.3 Å². The van der Waals surface area contributed by atoms with Crippen molar-refractivity contribution in [3.8, 4) is 10.6 Å². The maximum absolute atomic E-state index is 4.22. The summed E-state index contributed by atoms with van der Waals surface area (Å²) < 4.78 is 0.